The van der Waals surface area contributed by atoms with Crippen molar-refractivity contribution < 1.29 is 18.6 Å². The Hall–Kier alpha value is -3.16. The quantitative estimate of drug-likeness (QED) is 0.637. The van der Waals surface area contributed by atoms with Crippen molar-refractivity contribution in [3.8, 4) is 28.4 Å². The number of methoxy groups -OCH3 is 1. The topological polar surface area (TPSA) is 82.2 Å². The molecule has 0 amide bonds. The Morgan fingerprint density at radius 2 is 2.10 bits per heavy atom. The molecule has 1 aliphatic heterocycles. The number of aromatic nitrogens is 4. The monoisotopic (exact) mass is 410 g/mol. The Balaban J connectivity index is 1.36. The summed E-state index contributed by atoms with van der Waals surface area (Å²) in [5.74, 6) is 1.99. The molecule has 0 saturated heterocycles. The fourth-order valence-electron chi connectivity index (χ4n) is 3.77. The number of H-pyrrole nitrogens is 1. The predicted octanol–water partition coefficient (Wildman–Crippen LogP) is 3.88. The lowest BCUT2D eigenvalue weighted by Gasteiger charge is -2.26. The van der Waals surface area contributed by atoms with Gasteiger partial charge in [0, 0.05) is 18.1 Å². The number of aromatic amines is 1. The van der Waals surface area contributed by atoms with Gasteiger partial charge in [-0.3, -0.25) is 0 Å². The van der Waals surface area contributed by atoms with Crippen LogP contribution in [0.4, 0.5) is 4.39 Å². The zero-order valence-electron chi connectivity index (χ0n) is 16.7. The molecule has 30 heavy (non-hydrogen) atoms. The summed E-state index contributed by atoms with van der Waals surface area (Å²) >= 11 is 0. The van der Waals surface area contributed by atoms with E-state index in [4.69, 9.17) is 14.2 Å². The number of nitrogens with zero attached hydrogens (tertiary/aromatic N) is 3. The standard InChI is InChI=1S/C22H23FN4O3/c1-28-20-12-17(29-15-5-6-15)11-18(22(20)23)13-3-8-19-14(10-13)2-4-16(30-19)7-9-21-24-26-27-25-21/h3,8,10-12,15-16H,2,4-7,9H2,1H3,(H,24,25,26,27)/t16-/m1/s1. The van der Waals surface area contributed by atoms with E-state index in [0.29, 0.717) is 23.6 Å². The van der Waals surface area contributed by atoms with Crippen molar-refractivity contribution in [2.24, 2.45) is 0 Å². The van der Waals surface area contributed by atoms with Gasteiger partial charge in [0.1, 0.15) is 11.5 Å². The summed E-state index contributed by atoms with van der Waals surface area (Å²) in [6.07, 6.45) is 5.73. The van der Waals surface area contributed by atoms with Crippen LogP contribution in [0.2, 0.25) is 0 Å². The number of hydrogen-bond acceptors (Lipinski definition) is 6. The van der Waals surface area contributed by atoms with Gasteiger partial charge in [0.15, 0.2) is 17.4 Å². The van der Waals surface area contributed by atoms with Crippen molar-refractivity contribution in [1.29, 1.82) is 0 Å². The smallest absolute Gasteiger partial charge is 0.174 e. The summed E-state index contributed by atoms with van der Waals surface area (Å²) in [5, 5.41) is 14.0. The maximum atomic E-state index is 15.0. The minimum absolute atomic E-state index is 0.106. The van der Waals surface area contributed by atoms with Crippen molar-refractivity contribution in [2.75, 3.05) is 7.11 Å². The van der Waals surface area contributed by atoms with Gasteiger partial charge in [0.05, 0.1) is 19.3 Å². The van der Waals surface area contributed by atoms with Crippen LogP contribution in [-0.2, 0) is 12.8 Å². The fourth-order valence-corrected chi connectivity index (χ4v) is 3.77. The van der Waals surface area contributed by atoms with E-state index in [9.17, 15) is 4.39 Å². The second kappa shape index (κ2) is 7.93. The van der Waals surface area contributed by atoms with E-state index in [-0.39, 0.29) is 23.8 Å². The zero-order valence-corrected chi connectivity index (χ0v) is 16.7. The van der Waals surface area contributed by atoms with E-state index < -0.39 is 0 Å². The molecule has 1 atom stereocenters. The highest BCUT2D eigenvalue weighted by molar-refractivity contribution is 5.70. The Bertz CT molecular complexity index is 1040. The molecule has 8 heteroatoms. The van der Waals surface area contributed by atoms with E-state index in [1.807, 2.05) is 18.2 Å². The molecule has 2 aliphatic rings. The Morgan fingerprint density at radius 1 is 1.20 bits per heavy atom. The number of tetrazole rings is 1. The number of halogens is 1. The molecule has 1 N–H and O–H groups in total. The number of rotatable bonds is 7. The van der Waals surface area contributed by atoms with Crippen LogP contribution in [0.5, 0.6) is 17.2 Å². The highest BCUT2D eigenvalue weighted by Crippen LogP contribution is 2.39. The third kappa shape index (κ3) is 3.94. The molecule has 2 aromatic carbocycles. The first kappa shape index (κ1) is 18.8. The van der Waals surface area contributed by atoms with Gasteiger partial charge >= 0.3 is 0 Å². The molecule has 2 heterocycles. The van der Waals surface area contributed by atoms with Crippen LogP contribution in [0.1, 0.15) is 37.1 Å². The second-order valence-corrected chi connectivity index (χ2v) is 7.77. The van der Waals surface area contributed by atoms with Crippen molar-refractivity contribution in [3.05, 3.63) is 47.5 Å². The Kier molecular flexibility index (Phi) is 4.98. The number of hydrogen-bond donors (Lipinski definition) is 1. The average molecular weight is 410 g/mol. The summed E-state index contributed by atoms with van der Waals surface area (Å²) < 4.78 is 32.3. The third-order valence-corrected chi connectivity index (χ3v) is 5.54. The molecule has 5 rings (SSSR count). The predicted molar refractivity (Wildman–Crippen MR) is 107 cm³/mol. The molecule has 156 valence electrons. The van der Waals surface area contributed by atoms with Gasteiger partial charge in [-0.15, -0.1) is 10.2 Å². The first-order chi connectivity index (χ1) is 14.7. The molecule has 1 saturated carbocycles. The number of nitrogens with one attached hydrogen (secondary N) is 1. The minimum atomic E-state index is -0.379. The van der Waals surface area contributed by atoms with Crippen LogP contribution in [-0.4, -0.2) is 39.9 Å². The number of benzene rings is 2. The van der Waals surface area contributed by atoms with Crippen molar-refractivity contribution in [2.45, 2.75) is 50.7 Å². The van der Waals surface area contributed by atoms with Crippen LogP contribution in [0, 0.1) is 5.82 Å². The molecule has 0 unspecified atom stereocenters. The maximum Gasteiger partial charge on any atom is 0.174 e. The van der Waals surface area contributed by atoms with Gasteiger partial charge in [0.25, 0.3) is 0 Å². The summed E-state index contributed by atoms with van der Waals surface area (Å²) in [4.78, 5) is 0. The third-order valence-electron chi connectivity index (χ3n) is 5.54. The van der Waals surface area contributed by atoms with E-state index in [2.05, 4.69) is 20.6 Å². The van der Waals surface area contributed by atoms with Gasteiger partial charge in [-0.2, -0.15) is 5.21 Å². The van der Waals surface area contributed by atoms with Gasteiger partial charge in [-0.25, -0.2) is 4.39 Å². The van der Waals surface area contributed by atoms with Crippen molar-refractivity contribution in [1.82, 2.24) is 20.6 Å². The van der Waals surface area contributed by atoms with E-state index in [1.54, 1.807) is 12.1 Å². The minimum Gasteiger partial charge on any atom is -0.494 e. The van der Waals surface area contributed by atoms with Crippen LogP contribution in [0.15, 0.2) is 30.3 Å². The molecule has 7 nitrogen and oxygen atoms in total. The molecule has 0 radical (unpaired) electrons. The largest absolute Gasteiger partial charge is 0.494 e. The van der Waals surface area contributed by atoms with Crippen molar-refractivity contribution in [3.63, 3.8) is 0 Å². The summed E-state index contributed by atoms with van der Waals surface area (Å²) in [5.41, 5.74) is 2.35. The van der Waals surface area contributed by atoms with Crippen LogP contribution in [0.3, 0.4) is 0 Å². The summed E-state index contributed by atoms with van der Waals surface area (Å²) in [7, 11) is 1.47. The number of ether oxygens (including phenoxy) is 3. The van der Waals surface area contributed by atoms with Crippen molar-refractivity contribution >= 4 is 0 Å². The molecule has 0 spiro atoms. The lowest BCUT2D eigenvalue weighted by Crippen LogP contribution is -2.23. The van der Waals surface area contributed by atoms with E-state index >= 15 is 0 Å². The molecule has 1 aromatic heterocycles. The number of aryl methyl sites for hydroxylation is 2. The summed E-state index contributed by atoms with van der Waals surface area (Å²) in [6, 6.07) is 9.19. The first-order valence-corrected chi connectivity index (χ1v) is 10.3. The molecule has 1 fully saturated rings. The van der Waals surface area contributed by atoms with Crippen LogP contribution >= 0.6 is 0 Å². The fraction of sp³-hybridized carbons (Fsp3) is 0.409. The van der Waals surface area contributed by atoms with Gasteiger partial charge < -0.3 is 14.2 Å². The molecular weight excluding hydrogens is 387 g/mol. The normalized spacial score (nSPS) is 17.9. The first-order valence-electron chi connectivity index (χ1n) is 10.3. The Labute approximate surface area is 173 Å². The molecular formula is C22H23FN4O3. The highest BCUT2D eigenvalue weighted by atomic mass is 19.1. The van der Waals surface area contributed by atoms with Crippen LogP contribution < -0.4 is 14.2 Å². The Morgan fingerprint density at radius 3 is 2.87 bits per heavy atom. The average Bonchev–Trinajstić information content (AvgIpc) is 3.43. The lowest BCUT2D eigenvalue weighted by molar-refractivity contribution is 0.163. The highest BCUT2D eigenvalue weighted by Gasteiger charge is 2.26. The molecule has 1 aliphatic carbocycles. The maximum absolute atomic E-state index is 15.0. The summed E-state index contributed by atoms with van der Waals surface area (Å²) in [6.45, 7) is 0. The SMILES string of the molecule is COc1cc(OC2CC2)cc(-c2ccc3c(c2)CC[C@H](CCc2nn[nH]n2)O3)c1F. The van der Waals surface area contributed by atoms with E-state index in [0.717, 1.165) is 49.0 Å². The van der Waals surface area contributed by atoms with Crippen LogP contribution in [0.25, 0.3) is 11.1 Å². The van der Waals surface area contributed by atoms with Gasteiger partial charge in [-0.05, 0) is 61.4 Å². The lowest BCUT2D eigenvalue weighted by atomic mass is 9.95. The van der Waals surface area contributed by atoms with Gasteiger partial charge in [0.2, 0.25) is 0 Å². The number of fused-ring (bicyclic) bond motifs is 1. The molecule has 3 aromatic rings. The zero-order chi connectivity index (χ0) is 20.5. The van der Waals surface area contributed by atoms with E-state index in [1.165, 1.54) is 7.11 Å². The van der Waals surface area contributed by atoms with Gasteiger partial charge in [-0.1, -0.05) is 11.3 Å². The second-order valence-electron chi connectivity index (χ2n) is 7.77. The molecule has 0 bridgehead atoms.